The third-order valence-electron chi connectivity index (χ3n) is 6.48. The number of H-pyrrole nitrogens is 1. The van der Waals surface area contributed by atoms with Crippen LogP contribution in [0.15, 0.2) is 18.5 Å². The molecule has 6 rings (SSSR count). The van der Waals surface area contributed by atoms with Gasteiger partial charge in [0.05, 0.1) is 18.3 Å². The molecular formula is C20H26N7O+. The second kappa shape index (κ2) is 6.35. The van der Waals surface area contributed by atoms with Crippen LogP contribution in [-0.2, 0) is 11.2 Å². The number of ether oxygens (including phenoxy) is 1. The molecule has 0 spiro atoms. The highest BCUT2D eigenvalue weighted by atomic mass is 16.5. The molecule has 8 nitrogen and oxygen atoms in total. The van der Waals surface area contributed by atoms with E-state index in [2.05, 4.69) is 27.6 Å². The summed E-state index contributed by atoms with van der Waals surface area (Å²) in [5.41, 5.74) is 2.11. The van der Waals surface area contributed by atoms with Crippen LogP contribution in [0.2, 0.25) is 0 Å². The molecule has 3 fully saturated rings. The predicted molar refractivity (Wildman–Crippen MR) is 105 cm³/mol. The highest BCUT2D eigenvalue weighted by Crippen LogP contribution is 2.40. The topological polar surface area (TPSA) is 81.5 Å². The maximum atomic E-state index is 5.50. The molecular weight excluding hydrogens is 354 g/mol. The maximum Gasteiger partial charge on any atom is 0.338 e. The van der Waals surface area contributed by atoms with Gasteiger partial charge in [0.2, 0.25) is 0 Å². The van der Waals surface area contributed by atoms with E-state index in [1.807, 2.05) is 10.9 Å². The average molecular weight is 380 g/mol. The molecule has 5 heterocycles. The van der Waals surface area contributed by atoms with Crippen LogP contribution < -0.4 is 4.48 Å². The molecule has 146 valence electrons. The maximum absolute atomic E-state index is 5.50. The lowest BCUT2D eigenvalue weighted by atomic mass is 10.1. The van der Waals surface area contributed by atoms with Gasteiger partial charge in [0.25, 0.3) is 5.82 Å². The minimum Gasteiger partial charge on any atom is -0.379 e. The molecule has 1 N–H and O–H groups in total. The molecule has 28 heavy (non-hydrogen) atoms. The first kappa shape index (κ1) is 16.6. The van der Waals surface area contributed by atoms with Gasteiger partial charge in [-0.05, 0) is 31.2 Å². The first-order chi connectivity index (χ1) is 13.8. The number of fused-ring (bicyclic) bond motifs is 1. The van der Waals surface area contributed by atoms with Crippen molar-refractivity contribution in [3.63, 3.8) is 0 Å². The molecule has 3 aliphatic rings. The van der Waals surface area contributed by atoms with Crippen molar-refractivity contribution in [2.24, 2.45) is 5.92 Å². The van der Waals surface area contributed by atoms with Crippen LogP contribution in [0.5, 0.6) is 0 Å². The summed E-state index contributed by atoms with van der Waals surface area (Å²) in [5, 5.41) is 10.0. The summed E-state index contributed by atoms with van der Waals surface area (Å²) in [5.74, 6) is 2.76. The van der Waals surface area contributed by atoms with Gasteiger partial charge in [-0.1, -0.05) is 29.6 Å². The zero-order valence-corrected chi connectivity index (χ0v) is 16.0. The van der Waals surface area contributed by atoms with Crippen molar-refractivity contribution >= 4 is 22.8 Å². The van der Waals surface area contributed by atoms with Crippen molar-refractivity contribution in [3.8, 4) is 0 Å². The fourth-order valence-electron chi connectivity index (χ4n) is 4.34. The number of hydrogen-bond donors (Lipinski definition) is 1. The van der Waals surface area contributed by atoms with Crippen molar-refractivity contribution in [3.05, 3.63) is 24.2 Å². The summed E-state index contributed by atoms with van der Waals surface area (Å²) in [6.45, 7) is 3.48. The Bertz CT molecular complexity index is 995. The van der Waals surface area contributed by atoms with Crippen LogP contribution in [0.3, 0.4) is 0 Å². The number of hydrogen-bond acceptors (Lipinski definition) is 5. The zero-order valence-electron chi connectivity index (χ0n) is 16.0. The highest BCUT2D eigenvalue weighted by Gasteiger charge is 2.53. The number of aromatic nitrogens is 6. The Hall–Kier alpha value is -2.32. The van der Waals surface area contributed by atoms with Crippen LogP contribution in [0.25, 0.3) is 11.0 Å². The normalized spacial score (nSPS) is 23.5. The minimum absolute atomic E-state index is 0.297. The Morgan fingerprint density at radius 2 is 2.14 bits per heavy atom. The Labute approximate surface area is 163 Å². The first-order valence-corrected chi connectivity index (χ1v) is 10.5. The fourth-order valence-corrected chi connectivity index (χ4v) is 4.34. The van der Waals surface area contributed by atoms with Gasteiger partial charge in [-0.3, -0.25) is 0 Å². The zero-order chi connectivity index (χ0) is 18.6. The second-order valence-corrected chi connectivity index (χ2v) is 8.54. The Morgan fingerprint density at radius 3 is 2.93 bits per heavy atom. The number of quaternary nitrogens is 1. The fraction of sp³-hybridized carbons (Fsp3) is 0.600. The molecule has 0 amide bonds. The Morgan fingerprint density at radius 1 is 1.21 bits per heavy atom. The van der Waals surface area contributed by atoms with Crippen molar-refractivity contribution in [1.82, 2.24) is 34.4 Å². The molecule has 8 heteroatoms. The van der Waals surface area contributed by atoms with Gasteiger partial charge in [0.1, 0.15) is 24.9 Å². The summed E-state index contributed by atoms with van der Waals surface area (Å²) in [7, 11) is 0. The van der Waals surface area contributed by atoms with Crippen molar-refractivity contribution in [2.75, 3.05) is 26.3 Å². The summed E-state index contributed by atoms with van der Waals surface area (Å²) in [6.07, 6.45) is 11.4. The van der Waals surface area contributed by atoms with E-state index in [0.29, 0.717) is 10.5 Å². The lowest BCUT2D eigenvalue weighted by Crippen LogP contribution is -2.23. The summed E-state index contributed by atoms with van der Waals surface area (Å²) < 4.78 is 8.07. The van der Waals surface area contributed by atoms with E-state index in [0.717, 1.165) is 67.9 Å². The van der Waals surface area contributed by atoms with Crippen LogP contribution in [-0.4, -0.2) is 56.2 Å². The summed E-state index contributed by atoms with van der Waals surface area (Å²) >= 11 is 0. The van der Waals surface area contributed by atoms with E-state index in [4.69, 9.17) is 14.7 Å². The SMILES string of the molecule is c1cc2c(CCCC3CC3)nc([N+]3(c4cn([C@@H]5CCOC5)nn4)CC3)nc2[nH]1. The van der Waals surface area contributed by atoms with Gasteiger partial charge in [-0.2, -0.15) is 14.5 Å². The molecule has 0 radical (unpaired) electrons. The molecule has 1 aliphatic carbocycles. The van der Waals surface area contributed by atoms with E-state index in [1.54, 1.807) is 0 Å². The minimum atomic E-state index is 0.297. The van der Waals surface area contributed by atoms with Crippen molar-refractivity contribution < 1.29 is 4.74 Å². The van der Waals surface area contributed by atoms with Gasteiger partial charge < -0.3 is 9.72 Å². The Balaban J connectivity index is 1.32. The third kappa shape index (κ3) is 2.82. The van der Waals surface area contributed by atoms with Crippen LogP contribution in [0.1, 0.15) is 43.8 Å². The van der Waals surface area contributed by atoms with Gasteiger partial charge in [0.15, 0.2) is 0 Å². The standard InChI is InChI=1S/C20H26N7O/c1(2-14-4-5-14)3-17-16-6-8-21-19(16)23-20(22-17)27(9-10-27)18-12-26(25-24-18)15-7-11-28-13-15/h6,8,12,14-15H,1-5,7,9-11,13H2,(H,21,22,23)/q+1/t15-/m1/s1. The smallest absolute Gasteiger partial charge is 0.338 e. The molecule has 3 aromatic rings. The molecule has 1 atom stereocenters. The van der Waals surface area contributed by atoms with E-state index in [-0.39, 0.29) is 0 Å². The van der Waals surface area contributed by atoms with Crippen LogP contribution in [0, 0.1) is 5.92 Å². The number of nitrogens with zero attached hydrogens (tertiary/aromatic N) is 6. The molecule has 1 saturated carbocycles. The quantitative estimate of drug-likeness (QED) is 0.503. The predicted octanol–water partition coefficient (Wildman–Crippen LogP) is 2.90. The largest absolute Gasteiger partial charge is 0.379 e. The number of nitrogens with one attached hydrogen (secondary N) is 1. The monoisotopic (exact) mass is 380 g/mol. The second-order valence-electron chi connectivity index (χ2n) is 8.54. The molecule has 0 aromatic carbocycles. The molecule has 3 aromatic heterocycles. The van der Waals surface area contributed by atoms with E-state index >= 15 is 0 Å². The van der Waals surface area contributed by atoms with E-state index in [1.165, 1.54) is 31.4 Å². The molecule has 0 unspecified atom stereocenters. The van der Waals surface area contributed by atoms with Crippen LogP contribution in [0.4, 0.5) is 11.8 Å². The van der Waals surface area contributed by atoms with Crippen molar-refractivity contribution in [1.29, 1.82) is 0 Å². The van der Waals surface area contributed by atoms with Crippen LogP contribution >= 0.6 is 0 Å². The summed E-state index contributed by atoms with van der Waals surface area (Å²) in [6, 6.07) is 2.40. The molecule has 0 bridgehead atoms. The Kier molecular flexibility index (Phi) is 3.77. The number of rotatable bonds is 7. The lowest BCUT2D eigenvalue weighted by molar-refractivity contribution is 0.184. The number of aryl methyl sites for hydroxylation is 1. The van der Waals surface area contributed by atoms with Gasteiger partial charge in [-0.15, -0.1) is 0 Å². The van der Waals surface area contributed by atoms with Gasteiger partial charge in [0, 0.05) is 18.2 Å². The summed E-state index contributed by atoms with van der Waals surface area (Å²) in [4.78, 5) is 13.2. The molecule has 2 saturated heterocycles. The van der Waals surface area contributed by atoms with Crippen molar-refractivity contribution in [2.45, 2.75) is 44.6 Å². The van der Waals surface area contributed by atoms with E-state index in [9.17, 15) is 0 Å². The first-order valence-electron chi connectivity index (χ1n) is 10.5. The third-order valence-corrected chi connectivity index (χ3v) is 6.48. The van der Waals surface area contributed by atoms with Gasteiger partial charge in [-0.25, -0.2) is 4.68 Å². The average Bonchev–Trinajstić information content (AvgIpc) is 3.48. The van der Waals surface area contributed by atoms with Gasteiger partial charge >= 0.3 is 5.95 Å². The highest BCUT2D eigenvalue weighted by molar-refractivity contribution is 5.79. The number of aromatic amines is 1. The lowest BCUT2D eigenvalue weighted by Gasteiger charge is -2.13. The van der Waals surface area contributed by atoms with E-state index < -0.39 is 0 Å². The molecule has 2 aliphatic heterocycles.